The minimum absolute atomic E-state index is 0.0787. The summed E-state index contributed by atoms with van der Waals surface area (Å²) in [7, 11) is -7.33. The standard InChI is InChI=1S/C7H16O2.2CH4O3S/c1-3-4-7(5-8)6(2)9;2*1-5(2,3)4/h6-9H,3-5H2,1-2H3;2*1H3,(H,2,3,4). The molecule has 0 aromatic carbocycles. The van der Waals surface area contributed by atoms with Crippen LogP contribution >= 0.6 is 0 Å². The summed E-state index contributed by atoms with van der Waals surface area (Å²) >= 11 is 0. The fourth-order valence-electron chi connectivity index (χ4n) is 0.856. The zero-order chi connectivity index (χ0) is 16.3. The van der Waals surface area contributed by atoms with E-state index in [0.717, 1.165) is 12.8 Å². The van der Waals surface area contributed by atoms with E-state index >= 15 is 0 Å². The second-order valence-electron chi connectivity index (χ2n) is 3.94. The van der Waals surface area contributed by atoms with Crippen molar-refractivity contribution in [2.75, 3.05) is 19.1 Å². The minimum atomic E-state index is -3.67. The van der Waals surface area contributed by atoms with Crippen LogP contribution < -0.4 is 0 Å². The lowest BCUT2D eigenvalue weighted by atomic mass is 10.00. The average molecular weight is 324 g/mol. The summed E-state index contributed by atoms with van der Waals surface area (Å²) < 4.78 is 51.7. The largest absolute Gasteiger partial charge is 0.396 e. The summed E-state index contributed by atoms with van der Waals surface area (Å²) in [5.74, 6) is 0.0787. The van der Waals surface area contributed by atoms with Crippen molar-refractivity contribution in [3.05, 3.63) is 0 Å². The molecule has 120 valence electrons. The molecule has 8 nitrogen and oxygen atoms in total. The maximum atomic E-state index is 9.19. The van der Waals surface area contributed by atoms with Gasteiger partial charge in [-0.05, 0) is 13.3 Å². The van der Waals surface area contributed by atoms with Gasteiger partial charge in [0.15, 0.2) is 0 Å². The van der Waals surface area contributed by atoms with Crippen LogP contribution in [-0.4, -0.2) is 61.4 Å². The van der Waals surface area contributed by atoms with Gasteiger partial charge in [-0.25, -0.2) is 0 Å². The Morgan fingerprint density at radius 1 is 1.00 bits per heavy atom. The van der Waals surface area contributed by atoms with Crippen molar-refractivity contribution in [1.82, 2.24) is 0 Å². The van der Waals surface area contributed by atoms with E-state index in [2.05, 4.69) is 0 Å². The van der Waals surface area contributed by atoms with Crippen molar-refractivity contribution >= 4 is 20.2 Å². The summed E-state index contributed by atoms with van der Waals surface area (Å²) in [6.45, 7) is 3.87. The Bertz CT molecular complexity index is 338. The third kappa shape index (κ3) is 57.5. The SMILES string of the molecule is CCCC(CO)C(C)O.CS(=O)(=O)O.CS(=O)(=O)O. The lowest BCUT2D eigenvalue weighted by Gasteiger charge is -2.15. The normalized spacial score (nSPS) is 14.3. The molecule has 0 saturated carbocycles. The highest BCUT2D eigenvalue weighted by atomic mass is 32.2. The fourth-order valence-corrected chi connectivity index (χ4v) is 0.856. The third-order valence-electron chi connectivity index (χ3n) is 1.58. The molecule has 0 aliphatic heterocycles. The van der Waals surface area contributed by atoms with Crippen molar-refractivity contribution in [3.63, 3.8) is 0 Å². The molecular formula is C9H24O8S2. The fraction of sp³-hybridized carbons (Fsp3) is 1.00. The van der Waals surface area contributed by atoms with Crippen LogP contribution in [0, 0.1) is 5.92 Å². The van der Waals surface area contributed by atoms with Crippen molar-refractivity contribution < 1.29 is 36.2 Å². The summed E-state index contributed by atoms with van der Waals surface area (Å²) in [6, 6.07) is 0. The minimum Gasteiger partial charge on any atom is -0.396 e. The van der Waals surface area contributed by atoms with Crippen molar-refractivity contribution in [2.45, 2.75) is 32.8 Å². The average Bonchev–Trinajstić information content (AvgIpc) is 2.07. The first-order valence-electron chi connectivity index (χ1n) is 5.36. The molecule has 0 rings (SSSR count). The summed E-state index contributed by atoms with van der Waals surface area (Å²) in [4.78, 5) is 0. The van der Waals surface area contributed by atoms with Gasteiger partial charge in [0.1, 0.15) is 0 Å². The molecule has 0 aromatic heterocycles. The predicted octanol–water partition coefficient (Wildman–Crippen LogP) is -0.216. The first-order chi connectivity index (χ1) is 8.22. The molecule has 0 aromatic rings. The van der Waals surface area contributed by atoms with E-state index in [1.807, 2.05) is 6.92 Å². The molecular weight excluding hydrogens is 300 g/mol. The van der Waals surface area contributed by atoms with Gasteiger partial charge in [-0.1, -0.05) is 13.3 Å². The van der Waals surface area contributed by atoms with Crippen LogP contribution in [0.15, 0.2) is 0 Å². The summed E-state index contributed by atoms with van der Waals surface area (Å²) in [5.41, 5.74) is 0. The molecule has 4 N–H and O–H groups in total. The van der Waals surface area contributed by atoms with E-state index in [1.165, 1.54) is 0 Å². The highest BCUT2D eigenvalue weighted by molar-refractivity contribution is 7.85. The maximum absolute atomic E-state index is 9.19. The molecule has 0 aliphatic rings. The number of aliphatic hydroxyl groups excluding tert-OH is 2. The Labute approximate surface area is 115 Å². The van der Waals surface area contributed by atoms with Gasteiger partial charge in [0.2, 0.25) is 0 Å². The molecule has 0 radical (unpaired) electrons. The Morgan fingerprint density at radius 2 is 1.26 bits per heavy atom. The van der Waals surface area contributed by atoms with Crippen LogP contribution in [0.25, 0.3) is 0 Å². The molecule has 10 heteroatoms. The second-order valence-corrected chi connectivity index (χ2v) is 6.87. The lowest BCUT2D eigenvalue weighted by Crippen LogP contribution is -2.19. The number of hydrogen-bond donors (Lipinski definition) is 4. The molecule has 0 aliphatic carbocycles. The van der Waals surface area contributed by atoms with Crippen LogP contribution in [0.1, 0.15) is 26.7 Å². The van der Waals surface area contributed by atoms with Crippen LogP contribution in [0.5, 0.6) is 0 Å². The molecule has 0 fully saturated rings. The van der Waals surface area contributed by atoms with Crippen molar-refractivity contribution in [3.8, 4) is 0 Å². The second kappa shape index (κ2) is 11.6. The molecule has 0 spiro atoms. The highest BCUT2D eigenvalue weighted by Gasteiger charge is 2.11. The monoisotopic (exact) mass is 324 g/mol. The topological polar surface area (TPSA) is 149 Å². The van der Waals surface area contributed by atoms with Crippen molar-refractivity contribution in [2.24, 2.45) is 5.92 Å². The number of rotatable bonds is 4. The van der Waals surface area contributed by atoms with E-state index in [0.29, 0.717) is 12.5 Å². The van der Waals surface area contributed by atoms with Crippen LogP contribution in [-0.2, 0) is 20.2 Å². The molecule has 0 bridgehead atoms. The number of hydrogen-bond acceptors (Lipinski definition) is 6. The van der Waals surface area contributed by atoms with Gasteiger partial charge in [0.25, 0.3) is 20.2 Å². The molecule has 0 amide bonds. The van der Waals surface area contributed by atoms with E-state index in [1.54, 1.807) is 6.92 Å². The van der Waals surface area contributed by atoms with Gasteiger partial charge < -0.3 is 10.2 Å². The predicted molar refractivity (Wildman–Crippen MR) is 72.1 cm³/mol. The van der Waals surface area contributed by atoms with Gasteiger partial charge in [-0.3, -0.25) is 9.11 Å². The highest BCUT2D eigenvalue weighted by Crippen LogP contribution is 2.09. The summed E-state index contributed by atoms with van der Waals surface area (Å²) in [6.07, 6.45) is 3.00. The van der Waals surface area contributed by atoms with Crippen molar-refractivity contribution in [1.29, 1.82) is 0 Å². The van der Waals surface area contributed by atoms with E-state index in [-0.39, 0.29) is 18.6 Å². The molecule has 2 atom stereocenters. The van der Waals surface area contributed by atoms with Gasteiger partial charge in [0, 0.05) is 12.5 Å². The molecule has 2 unspecified atom stereocenters. The maximum Gasteiger partial charge on any atom is 0.261 e. The lowest BCUT2D eigenvalue weighted by molar-refractivity contribution is 0.0753. The summed E-state index contributed by atoms with van der Waals surface area (Å²) in [5, 5.41) is 17.7. The first-order valence-corrected chi connectivity index (χ1v) is 9.05. The Balaban J connectivity index is -0.000000219. The van der Waals surface area contributed by atoms with Crippen LogP contribution in [0.4, 0.5) is 0 Å². The van der Waals surface area contributed by atoms with Gasteiger partial charge in [0.05, 0.1) is 18.6 Å². The van der Waals surface area contributed by atoms with E-state index < -0.39 is 20.2 Å². The zero-order valence-electron chi connectivity index (χ0n) is 11.5. The van der Waals surface area contributed by atoms with Crippen LogP contribution in [0.3, 0.4) is 0 Å². The van der Waals surface area contributed by atoms with Gasteiger partial charge >= 0.3 is 0 Å². The van der Waals surface area contributed by atoms with Crippen LogP contribution in [0.2, 0.25) is 0 Å². The molecule has 0 heterocycles. The first kappa shape index (κ1) is 23.8. The third-order valence-corrected chi connectivity index (χ3v) is 1.58. The smallest absolute Gasteiger partial charge is 0.261 e. The quantitative estimate of drug-likeness (QED) is 0.519. The van der Waals surface area contributed by atoms with Gasteiger partial charge in [-0.15, -0.1) is 0 Å². The zero-order valence-corrected chi connectivity index (χ0v) is 13.1. The van der Waals surface area contributed by atoms with E-state index in [4.69, 9.17) is 19.3 Å². The Morgan fingerprint density at radius 3 is 1.32 bits per heavy atom. The molecule has 19 heavy (non-hydrogen) atoms. The Hall–Kier alpha value is -0.260. The number of aliphatic hydroxyl groups is 2. The van der Waals surface area contributed by atoms with Gasteiger partial charge in [-0.2, -0.15) is 16.8 Å². The Kier molecular flexibility index (Phi) is 14.5. The molecule has 0 saturated heterocycles. The van der Waals surface area contributed by atoms with E-state index in [9.17, 15) is 16.8 Å².